The van der Waals surface area contributed by atoms with E-state index in [4.69, 9.17) is 0 Å². The molecule has 2 amide bonds. The Balaban J connectivity index is 2.08. The fourth-order valence-corrected chi connectivity index (χ4v) is 4.20. The van der Waals surface area contributed by atoms with Crippen LogP contribution in [0.3, 0.4) is 0 Å². The highest BCUT2D eigenvalue weighted by Crippen LogP contribution is 2.26. The smallest absolute Gasteiger partial charge is 0.245 e. The van der Waals surface area contributed by atoms with Crippen molar-refractivity contribution in [2.75, 3.05) is 33.2 Å². The van der Waals surface area contributed by atoms with Gasteiger partial charge >= 0.3 is 0 Å². The fourth-order valence-electron chi connectivity index (χ4n) is 4.20. The number of likely N-dealkylation sites (N-methyl/N-ethyl adjacent to an activating group) is 1. The number of amides is 2. The van der Waals surface area contributed by atoms with Crippen molar-refractivity contribution in [1.29, 1.82) is 0 Å². The van der Waals surface area contributed by atoms with Gasteiger partial charge in [-0.05, 0) is 44.2 Å². The largest absolute Gasteiger partial charge is 0.342 e. The first-order valence-electron chi connectivity index (χ1n) is 11.8. The summed E-state index contributed by atoms with van der Waals surface area (Å²) in [5.74, 6) is -0.120. The Hall–Kier alpha value is -2.18. The highest BCUT2D eigenvalue weighted by atomic mass is 16.2. The molecule has 0 aromatic heterocycles. The van der Waals surface area contributed by atoms with Crippen LogP contribution in [0.25, 0.3) is 0 Å². The summed E-state index contributed by atoms with van der Waals surface area (Å²) >= 11 is 0. The summed E-state index contributed by atoms with van der Waals surface area (Å²) in [5.41, 5.74) is 0.941. The molecule has 3 atom stereocenters. The first-order chi connectivity index (χ1) is 15.2. The second-order valence-corrected chi connectivity index (χ2v) is 9.93. The SMILES string of the molecule is C=CCN(CCc1ccccc1)C[C@@H]1CCCN1C(=O)[C@@H](NC(=O)[C@H](C)NC)C(C)(C)C. The summed E-state index contributed by atoms with van der Waals surface area (Å²) in [4.78, 5) is 30.5. The van der Waals surface area contributed by atoms with Gasteiger partial charge in [0.25, 0.3) is 0 Å². The van der Waals surface area contributed by atoms with Crippen LogP contribution in [0.1, 0.15) is 46.1 Å². The Kier molecular flexibility index (Phi) is 9.91. The molecule has 1 saturated heterocycles. The van der Waals surface area contributed by atoms with Gasteiger partial charge in [0.05, 0.1) is 6.04 Å². The number of benzene rings is 1. The molecule has 1 aromatic rings. The van der Waals surface area contributed by atoms with Crippen LogP contribution < -0.4 is 10.6 Å². The van der Waals surface area contributed by atoms with Crippen LogP contribution in [0.4, 0.5) is 0 Å². The zero-order chi connectivity index (χ0) is 23.7. The Bertz CT molecular complexity index is 744. The number of carbonyl (C=O) groups is 2. The lowest BCUT2D eigenvalue weighted by atomic mass is 9.85. The Labute approximate surface area is 194 Å². The van der Waals surface area contributed by atoms with Crippen molar-refractivity contribution < 1.29 is 9.59 Å². The van der Waals surface area contributed by atoms with Crippen molar-refractivity contribution in [1.82, 2.24) is 20.4 Å². The monoisotopic (exact) mass is 442 g/mol. The molecule has 0 radical (unpaired) electrons. The van der Waals surface area contributed by atoms with Gasteiger partial charge in [0.1, 0.15) is 6.04 Å². The molecule has 0 unspecified atom stereocenters. The third kappa shape index (κ3) is 7.45. The molecule has 0 saturated carbocycles. The van der Waals surface area contributed by atoms with Gasteiger partial charge in [-0.15, -0.1) is 6.58 Å². The lowest BCUT2D eigenvalue weighted by molar-refractivity contribution is -0.140. The predicted octanol–water partition coefficient (Wildman–Crippen LogP) is 2.85. The molecule has 1 fully saturated rings. The van der Waals surface area contributed by atoms with E-state index in [1.54, 1.807) is 14.0 Å². The van der Waals surface area contributed by atoms with Crippen LogP contribution in [0, 0.1) is 5.41 Å². The number of nitrogens with zero attached hydrogens (tertiary/aromatic N) is 2. The normalized spacial score (nSPS) is 18.4. The molecule has 2 rings (SSSR count). The molecular weight excluding hydrogens is 400 g/mol. The summed E-state index contributed by atoms with van der Waals surface area (Å²) in [7, 11) is 1.75. The molecule has 1 aliphatic rings. The molecule has 178 valence electrons. The average molecular weight is 443 g/mol. The lowest BCUT2D eigenvalue weighted by Gasteiger charge is -2.37. The van der Waals surface area contributed by atoms with Gasteiger partial charge in [-0.2, -0.15) is 0 Å². The number of nitrogens with one attached hydrogen (secondary N) is 2. The summed E-state index contributed by atoms with van der Waals surface area (Å²) in [5, 5.41) is 5.96. The average Bonchev–Trinajstić information content (AvgIpc) is 3.22. The second kappa shape index (κ2) is 12.2. The predicted molar refractivity (Wildman–Crippen MR) is 131 cm³/mol. The first-order valence-corrected chi connectivity index (χ1v) is 11.8. The van der Waals surface area contributed by atoms with E-state index >= 15 is 0 Å². The van der Waals surface area contributed by atoms with Crippen molar-refractivity contribution >= 4 is 11.8 Å². The standard InChI is InChI=1S/C26H42N4O2/c1-7-16-29(18-15-21-12-9-8-10-13-21)19-22-14-11-17-30(22)25(32)23(26(3,4)5)28-24(31)20(2)27-6/h7-10,12-13,20,22-23,27H,1,11,14-19H2,2-6H3,(H,28,31)/t20-,22-,23+/m0/s1. The topological polar surface area (TPSA) is 64.7 Å². The number of hydrogen-bond donors (Lipinski definition) is 2. The van der Waals surface area contributed by atoms with E-state index in [9.17, 15) is 9.59 Å². The fraction of sp³-hybridized carbons (Fsp3) is 0.615. The summed E-state index contributed by atoms with van der Waals surface area (Å²) in [6.45, 7) is 15.0. The third-order valence-electron chi connectivity index (χ3n) is 6.30. The van der Waals surface area contributed by atoms with Crippen molar-refractivity contribution in [3.8, 4) is 0 Å². The van der Waals surface area contributed by atoms with Gasteiger partial charge < -0.3 is 15.5 Å². The van der Waals surface area contributed by atoms with Gasteiger partial charge in [0, 0.05) is 32.2 Å². The highest BCUT2D eigenvalue weighted by Gasteiger charge is 2.40. The van der Waals surface area contributed by atoms with Gasteiger partial charge in [0.2, 0.25) is 11.8 Å². The van der Waals surface area contributed by atoms with E-state index in [1.165, 1.54) is 5.56 Å². The highest BCUT2D eigenvalue weighted by molar-refractivity contribution is 5.90. The summed E-state index contributed by atoms with van der Waals surface area (Å²) in [6.07, 6.45) is 4.89. The van der Waals surface area contributed by atoms with Crippen molar-refractivity contribution in [2.45, 2.75) is 65.1 Å². The van der Waals surface area contributed by atoms with E-state index in [-0.39, 0.29) is 29.3 Å². The number of hydrogen-bond acceptors (Lipinski definition) is 4. The molecule has 2 N–H and O–H groups in total. The van der Waals surface area contributed by atoms with Gasteiger partial charge in [-0.1, -0.05) is 57.2 Å². The molecule has 6 heteroatoms. The van der Waals surface area contributed by atoms with Crippen LogP contribution in [0.2, 0.25) is 0 Å². The number of rotatable bonds is 11. The summed E-state index contributed by atoms with van der Waals surface area (Å²) < 4.78 is 0. The molecule has 1 heterocycles. The van der Waals surface area contributed by atoms with Crippen LogP contribution >= 0.6 is 0 Å². The van der Waals surface area contributed by atoms with E-state index in [1.807, 2.05) is 37.8 Å². The van der Waals surface area contributed by atoms with Gasteiger partial charge in [-0.3, -0.25) is 14.5 Å². The minimum absolute atomic E-state index is 0.0262. The van der Waals surface area contributed by atoms with E-state index in [2.05, 4.69) is 46.4 Å². The van der Waals surface area contributed by atoms with Crippen LogP contribution in [0.15, 0.2) is 43.0 Å². The van der Waals surface area contributed by atoms with Crippen molar-refractivity contribution in [3.05, 3.63) is 48.6 Å². The zero-order valence-electron chi connectivity index (χ0n) is 20.6. The molecule has 6 nitrogen and oxygen atoms in total. The minimum atomic E-state index is -0.552. The van der Waals surface area contributed by atoms with Crippen LogP contribution in [0.5, 0.6) is 0 Å². The van der Waals surface area contributed by atoms with E-state index < -0.39 is 6.04 Å². The van der Waals surface area contributed by atoms with Crippen molar-refractivity contribution in [3.63, 3.8) is 0 Å². The molecule has 0 bridgehead atoms. The molecule has 0 aliphatic carbocycles. The van der Waals surface area contributed by atoms with Gasteiger partial charge in [-0.25, -0.2) is 0 Å². The Morgan fingerprint density at radius 3 is 2.56 bits per heavy atom. The molecule has 1 aromatic carbocycles. The van der Waals surface area contributed by atoms with Crippen LogP contribution in [-0.4, -0.2) is 73.0 Å². The molecule has 1 aliphatic heterocycles. The second-order valence-electron chi connectivity index (χ2n) is 9.93. The maximum Gasteiger partial charge on any atom is 0.245 e. The minimum Gasteiger partial charge on any atom is -0.342 e. The lowest BCUT2D eigenvalue weighted by Crippen LogP contribution is -2.59. The number of likely N-dealkylation sites (tertiary alicyclic amines) is 1. The van der Waals surface area contributed by atoms with Crippen molar-refractivity contribution in [2.24, 2.45) is 5.41 Å². The van der Waals surface area contributed by atoms with E-state index in [0.29, 0.717) is 0 Å². The maximum atomic E-state index is 13.6. The first kappa shape index (κ1) is 26.1. The molecule has 32 heavy (non-hydrogen) atoms. The molecule has 0 spiro atoms. The third-order valence-corrected chi connectivity index (χ3v) is 6.30. The Morgan fingerprint density at radius 2 is 1.97 bits per heavy atom. The molecular formula is C26H42N4O2. The Morgan fingerprint density at radius 1 is 1.28 bits per heavy atom. The van der Waals surface area contributed by atoms with Crippen LogP contribution in [-0.2, 0) is 16.0 Å². The quantitative estimate of drug-likeness (QED) is 0.517. The number of carbonyl (C=O) groups excluding carboxylic acids is 2. The zero-order valence-corrected chi connectivity index (χ0v) is 20.6. The maximum absolute atomic E-state index is 13.6. The van der Waals surface area contributed by atoms with E-state index in [0.717, 1.165) is 45.4 Å². The summed E-state index contributed by atoms with van der Waals surface area (Å²) in [6, 6.07) is 9.74. The van der Waals surface area contributed by atoms with Gasteiger partial charge in [0.15, 0.2) is 0 Å².